The Morgan fingerprint density at radius 2 is 1.97 bits per heavy atom. The lowest BCUT2D eigenvalue weighted by atomic mass is 10.0. The highest BCUT2D eigenvalue weighted by atomic mass is 32.2. The number of aromatic amines is 1. The summed E-state index contributed by atoms with van der Waals surface area (Å²) in [6.45, 7) is 2.45. The van der Waals surface area contributed by atoms with Gasteiger partial charge in [0, 0.05) is 60.4 Å². The Morgan fingerprint density at radius 1 is 1.16 bits per heavy atom. The van der Waals surface area contributed by atoms with Gasteiger partial charge in [0.05, 0.1) is 13.2 Å². The largest absolute Gasteiger partial charge is 0.378 e. The molecular formula is C23H26N4O4S. The van der Waals surface area contributed by atoms with Crippen molar-refractivity contribution in [2.75, 3.05) is 35.9 Å². The number of ether oxygens (including phenoxy) is 1. The number of fused-ring (bicyclic) bond motifs is 1. The van der Waals surface area contributed by atoms with Gasteiger partial charge < -0.3 is 19.2 Å². The quantitative estimate of drug-likeness (QED) is 0.618. The van der Waals surface area contributed by atoms with E-state index in [0.717, 1.165) is 35.3 Å². The van der Waals surface area contributed by atoms with Crippen LogP contribution in [-0.2, 0) is 21.8 Å². The van der Waals surface area contributed by atoms with Crippen molar-refractivity contribution < 1.29 is 13.2 Å². The van der Waals surface area contributed by atoms with Crippen molar-refractivity contribution in [1.82, 2.24) is 9.55 Å². The van der Waals surface area contributed by atoms with Crippen LogP contribution in [0.3, 0.4) is 0 Å². The molecule has 9 heteroatoms. The Kier molecular flexibility index (Phi) is 4.26. The summed E-state index contributed by atoms with van der Waals surface area (Å²) in [7, 11) is -1.77. The summed E-state index contributed by atoms with van der Waals surface area (Å²) >= 11 is 0. The SMILES string of the molecule is Cn1cc(-c2cc(NS(=O)(=O)C3COC3)ccc2N2CCC3(CC3)C2)c2cc[nH]c2c1=O. The highest BCUT2D eigenvalue weighted by molar-refractivity contribution is 7.93. The summed E-state index contributed by atoms with van der Waals surface area (Å²) in [6.07, 6.45) is 7.37. The Balaban J connectivity index is 1.49. The average Bonchev–Trinajstić information content (AvgIpc) is 3.09. The van der Waals surface area contributed by atoms with Crippen LogP contribution in [0.25, 0.3) is 22.0 Å². The third-order valence-corrected chi connectivity index (χ3v) is 8.89. The van der Waals surface area contributed by atoms with E-state index in [0.29, 0.717) is 16.6 Å². The first kappa shape index (κ1) is 19.9. The molecule has 2 saturated heterocycles. The summed E-state index contributed by atoms with van der Waals surface area (Å²) in [5, 5.41) is 0.315. The minimum atomic E-state index is -3.51. The summed E-state index contributed by atoms with van der Waals surface area (Å²) in [6, 6.07) is 7.65. The molecule has 168 valence electrons. The molecule has 8 nitrogen and oxygen atoms in total. The predicted molar refractivity (Wildman–Crippen MR) is 125 cm³/mol. The number of pyridine rings is 1. The van der Waals surface area contributed by atoms with Gasteiger partial charge >= 0.3 is 0 Å². The van der Waals surface area contributed by atoms with E-state index >= 15 is 0 Å². The van der Waals surface area contributed by atoms with E-state index in [1.165, 1.54) is 19.3 Å². The molecule has 2 N–H and O–H groups in total. The second-order valence-corrected chi connectivity index (χ2v) is 11.4. The van der Waals surface area contributed by atoms with Crippen molar-refractivity contribution in [2.45, 2.75) is 24.5 Å². The van der Waals surface area contributed by atoms with E-state index in [1.807, 2.05) is 30.5 Å². The normalized spacial score (nSPS) is 20.1. The summed E-state index contributed by atoms with van der Waals surface area (Å²) in [4.78, 5) is 18.1. The smallest absolute Gasteiger partial charge is 0.274 e. The zero-order valence-corrected chi connectivity index (χ0v) is 18.7. The fourth-order valence-electron chi connectivity index (χ4n) is 4.94. The second kappa shape index (κ2) is 6.86. The molecule has 3 aliphatic rings. The van der Waals surface area contributed by atoms with Gasteiger partial charge in [-0.2, -0.15) is 0 Å². The average molecular weight is 455 g/mol. The number of benzene rings is 1. The summed E-state index contributed by atoms with van der Waals surface area (Å²) in [5.74, 6) is 0. The van der Waals surface area contributed by atoms with E-state index in [-0.39, 0.29) is 18.8 Å². The zero-order chi connectivity index (χ0) is 22.1. The molecule has 1 saturated carbocycles. The van der Waals surface area contributed by atoms with Crippen molar-refractivity contribution in [1.29, 1.82) is 0 Å². The number of sulfonamides is 1. The van der Waals surface area contributed by atoms with Crippen LogP contribution in [0.2, 0.25) is 0 Å². The number of aromatic nitrogens is 2. The maximum Gasteiger partial charge on any atom is 0.274 e. The molecule has 4 heterocycles. The topological polar surface area (TPSA) is 96.4 Å². The van der Waals surface area contributed by atoms with Crippen LogP contribution >= 0.6 is 0 Å². The van der Waals surface area contributed by atoms with Crippen LogP contribution in [0.15, 0.2) is 41.5 Å². The van der Waals surface area contributed by atoms with Crippen molar-refractivity contribution in [2.24, 2.45) is 12.5 Å². The maximum atomic E-state index is 12.7. The van der Waals surface area contributed by atoms with E-state index in [1.54, 1.807) is 17.8 Å². The number of hydrogen-bond donors (Lipinski definition) is 2. The molecule has 0 amide bonds. The monoisotopic (exact) mass is 454 g/mol. The standard InChI is InChI=1S/C23H26N4O4S/c1-26-11-19(17-4-8-24-21(17)22(26)28)18-10-15(25-32(29,30)16-12-31-13-16)2-3-20(18)27-9-7-23(14-27)5-6-23/h2-4,8,10-11,16,24-25H,5-7,9,12-14H2,1H3. The molecule has 1 aromatic carbocycles. The molecule has 32 heavy (non-hydrogen) atoms. The van der Waals surface area contributed by atoms with Gasteiger partial charge in [0.25, 0.3) is 5.56 Å². The highest BCUT2D eigenvalue weighted by Crippen LogP contribution is 2.54. The van der Waals surface area contributed by atoms with Crippen molar-refractivity contribution >= 4 is 32.3 Å². The number of H-pyrrole nitrogens is 1. The zero-order valence-electron chi connectivity index (χ0n) is 17.9. The van der Waals surface area contributed by atoms with E-state index in [9.17, 15) is 13.2 Å². The molecule has 2 aliphatic heterocycles. The van der Waals surface area contributed by atoms with Gasteiger partial charge in [0.15, 0.2) is 0 Å². The van der Waals surface area contributed by atoms with Crippen LogP contribution in [-0.4, -0.2) is 49.5 Å². The van der Waals surface area contributed by atoms with Crippen LogP contribution in [0, 0.1) is 5.41 Å². The number of nitrogens with zero attached hydrogens (tertiary/aromatic N) is 2. The molecule has 0 radical (unpaired) electrons. The van der Waals surface area contributed by atoms with Crippen molar-refractivity contribution in [3.05, 3.63) is 47.0 Å². The van der Waals surface area contributed by atoms with E-state index < -0.39 is 15.3 Å². The van der Waals surface area contributed by atoms with Crippen LogP contribution in [0.5, 0.6) is 0 Å². The molecule has 1 aliphatic carbocycles. The van der Waals surface area contributed by atoms with Gasteiger partial charge in [-0.15, -0.1) is 0 Å². The number of aryl methyl sites for hydroxylation is 1. The number of hydrogen-bond acceptors (Lipinski definition) is 5. The summed E-state index contributed by atoms with van der Waals surface area (Å²) in [5.41, 5.74) is 4.34. The molecule has 0 atom stereocenters. The van der Waals surface area contributed by atoms with Gasteiger partial charge in [0.1, 0.15) is 10.8 Å². The Hall–Kier alpha value is -2.78. The Bertz CT molecular complexity index is 1380. The van der Waals surface area contributed by atoms with Gasteiger partial charge in [-0.25, -0.2) is 8.42 Å². The molecule has 3 fully saturated rings. The lowest BCUT2D eigenvalue weighted by molar-refractivity contribution is 0.0418. The predicted octanol–water partition coefficient (Wildman–Crippen LogP) is 2.66. The molecular weight excluding hydrogens is 428 g/mol. The van der Waals surface area contributed by atoms with Crippen LogP contribution < -0.4 is 15.2 Å². The fraction of sp³-hybridized carbons (Fsp3) is 0.435. The lowest BCUT2D eigenvalue weighted by Gasteiger charge is -2.27. The summed E-state index contributed by atoms with van der Waals surface area (Å²) < 4.78 is 34.7. The third kappa shape index (κ3) is 3.14. The Morgan fingerprint density at radius 3 is 2.66 bits per heavy atom. The second-order valence-electron chi connectivity index (χ2n) is 9.44. The first-order chi connectivity index (χ1) is 15.4. The molecule has 0 unspecified atom stereocenters. The molecule has 6 rings (SSSR count). The van der Waals surface area contributed by atoms with Gasteiger partial charge in [-0.1, -0.05) is 0 Å². The van der Waals surface area contributed by atoms with Gasteiger partial charge in [-0.3, -0.25) is 9.52 Å². The lowest BCUT2D eigenvalue weighted by Crippen LogP contribution is -2.43. The fourth-order valence-corrected chi connectivity index (χ4v) is 6.11. The molecule has 0 bridgehead atoms. The van der Waals surface area contributed by atoms with Crippen molar-refractivity contribution in [3.63, 3.8) is 0 Å². The highest BCUT2D eigenvalue weighted by Gasteiger charge is 2.48. The number of anilines is 2. The third-order valence-electron chi connectivity index (χ3n) is 7.22. The van der Waals surface area contributed by atoms with E-state index in [2.05, 4.69) is 14.6 Å². The first-order valence-electron chi connectivity index (χ1n) is 11.0. The van der Waals surface area contributed by atoms with Crippen molar-refractivity contribution in [3.8, 4) is 11.1 Å². The molecule has 2 aromatic heterocycles. The van der Waals surface area contributed by atoms with Crippen LogP contribution in [0.4, 0.5) is 11.4 Å². The van der Waals surface area contributed by atoms with Crippen LogP contribution in [0.1, 0.15) is 19.3 Å². The van der Waals surface area contributed by atoms with Gasteiger partial charge in [0.2, 0.25) is 10.0 Å². The Labute approximate surface area is 186 Å². The molecule has 3 aromatic rings. The van der Waals surface area contributed by atoms with E-state index in [4.69, 9.17) is 4.74 Å². The maximum absolute atomic E-state index is 12.7. The minimum Gasteiger partial charge on any atom is -0.378 e. The van der Waals surface area contributed by atoms with Gasteiger partial charge in [-0.05, 0) is 48.9 Å². The molecule has 1 spiro atoms. The number of rotatable bonds is 5. The number of nitrogens with one attached hydrogen (secondary N) is 2. The minimum absolute atomic E-state index is 0.0877. The first-order valence-corrected chi connectivity index (χ1v) is 12.6.